The molecule has 1 aromatic heterocycles. The second-order valence-electron chi connectivity index (χ2n) is 7.75. The number of para-hydroxylation sites is 1. The third-order valence-corrected chi connectivity index (χ3v) is 5.20. The van der Waals surface area contributed by atoms with Crippen molar-refractivity contribution in [3.05, 3.63) is 83.9 Å². The van der Waals surface area contributed by atoms with Crippen LogP contribution in [-0.2, 0) is 11.3 Å². The number of amides is 1. The van der Waals surface area contributed by atoms with Crippen LogP contribution in [0.15, 0.2) is 67.0 Å². The van der Waals surface area contributed by atoms with Crippen LogP contribution in [0.3, 0.4) is 0 Å². The molecule has 0 aliphatic heterocycles. The summed E-state index contributed by atoms with van der Waals surface area (Å²) in [6, 6.07) is 15.9. The van der Waals surface area contributed by atoms with Gasteiger partial charge >= 0.3 is 0 Å². The summed E-state index contributed by atoms with van der Waals surface area (Å²) in [5.41, 5.74) is 2.63. The number of nitrogens with zero attached hydrogens (tertiary/aromatic N) is 4. The molecule has 0 saturated heterocycles. The lowest BCUT2D eigenvalue weighted by Crippen LogP contribution is -2.41. The van der Waals surface area contributed by atoms with E-state index < -0.39 is 6.04 Å². The molecule has 1 saturated carbocycles. The zero-order valence-electron chi connectivity index (χ0n) is 16.7. The van der Waals surface area contributed by atoms with Gasteiger partial charge in [0, 0.05) is 24.3 Å². The monoisotopic (exact) mass is 392 g/mol. The molecule has 1 aliphatic rings. The molecule has 0 radical (unpaired) electrons. The molecule has 0 bridgehead atoms. The van der Waals surface area contributed by atoms with E-state index in [4.69, 9.17) is 0 Å². The molecule has 0 spiro atoms. The van der Waals surface area contributed by atoms with Crippen LogP contribution in [0.1, 0.15) is 30.0 Å². The van der Waals surface area contributed by atoms with E-state index in [1.807, 2.05) is 77.4 Å². The van der Waals surface area contributed by atoms with Crippen LogP contribution >= 0.6 is 0 Å². The second-order valence-corrected chi connectivity index (χ2v) is 7.75. The van der Waals surface area contributed by atoms with Gasteiger partial charge in [0.25, 0.3) is 0 Å². The van der Waals surface area contributed by atoms with E-state index >= 15 is 0 Å². The first kappa shape index (κ1) is 19.3. The fourth-order valence-corrected chi connectivity index (χ4v) is 3.63. The van der Waals surface area contributed by atoms with Gasteiger partial charge in [0.1, 0.15) is 11.9 Å². The maximum atomic E-state index is 13.8. The smallest absolute Gasteiger partial charge is 0.245 e. The van der Waals surface area contributed by atoms with Gasteiger partial charge in [0.05, 0.1) is 11.9 Å². The number of rotatable bonds is 7. The molecule has 29 heavy (non-hydrogen) atoms. The number of benzene rings is 2. The number of carbonyl (C=O) groups is 1. The Kier molecular flexibility index (Phi) is 5.45. The molecule has 6 heteroatoms. The topological polar surface area (TPSA) is 41.4 Å². The predicted octanol–water partition coefficient (Wildman–Crippen LogP) is 3.81. The molecule has 2 aromatic carbocycles. The van der Waals surface area contributed by atoms with E-state index in [1.54, 1.807) is 6.07 Å². The van der Waals surface area contributed by atoms with Crippen molar-refractivity contribution in [2.45, 2.75) is 31.5 Å². The lowest BCUT2D eigenvalue weighted by atomic mass is 10.0. The standard InChI is InChI=1S/C23H25FN4O/c1-26(2)22(18-7-6-8-19(24)13-18)23(29)27(20-11-12-20)15-17-14-25-28(16-17)21-9-4-3-5-10-21/h3-10,13-14,16,20,22H,11-12,15H2,1-2H3. The Hall–Kier alpha value is -2.99. The predicted molar refractivity (Wildman–Crippen MR) is 110 cm³/mol. The maximum Gasteiger partial charge on any atom is 0.245 e. The minimum absolute atomic E-state index is 0.00411. The van der Waals surface area contributed by atoms with E-state index in [0.717, 1.165) is 24.1 Å². The van der Waals surface area contributed by atoms with Gasteiger partial charge in [0.2, 0.25) is 5.91 Å². The van der Waals surface area contributed by atoms with Gasteiger partial charge in [-0.3, -0.25) is 9.69 Å². The van der Waals surface area contributed by atoms with Crippen molar-refractivity contribution >= 4 is 5.91 Å². The highest BCUT2D eigenvalue weighted by atomic mass is 19.1. The molecule has 0 N–H and O–H groups in total. The van der Waals surface area contributed by atoms with E-state index in [1.165, 1.54) is 12.1 Å². The van der Waals surface area contributed by atoms with Crippen LogP contribution in [0.25, 0.3) is 5.69 Å². The van der Waals surface area contributed by atoms with Gasteiger partial charge < -0.3 is 4.90 Å². The quantitative estimate of drug-likeness (QED) is 0.614. The number of hydrogen-bond acceptors (Lipinski definition) is 3. The summed E-state index contributed by atoms with van der Waals surface area (Å²) in [6.07, 6.45) is 5.77. The number of aromatic nitrogens is 2. The highest BCUT2D eigenvalue weighted by Crippen LogP contribution is 2.32. The molecule has 1 fully saturated rings. The van der Waals surface area contributed by atoms with Crippen LogP contribution in [0, 0.1) is 5.82 Å². The van der Waals surface area contributed by atoms with Crippen molar-refractivity contribution in [2.75, 3.05) is 14.1 Å². The number of carbonyl (C=O) groups excluding carboxylic acids is 1. The van der Waals surface area contributed by atoms with E-state index in [2.05, 4.69) is 5.10 Å². The number of hydrogen-bond donors (Lipinski definition) is 0. The first-order valence-corrected chi connectivity index (χ1v) is 9.84. The van der Waals surface area contributed by atoms with Crippen LogP contribution in [0.5, 0.6) is 0 Å². The molecule has 3 aromatic rings. The highest BCUT2D eigenvalue weighted by Gasteiger charge is 2.37. The van der Waals surface area contributed by atoms with Gasteiger partial charge in [-0.25, -0.2) is 9.07 Å². The molecule has 1 amide bonds. The summed E-state index contributed by atoms with van der Waals surface area (Å²) in [5, 5.41) is 4.45. The molecular formula is C23H25FN4O. The Morgan fingerprint density at radius 3 is 2.59 bits per heavy atom. The van der Waals surface area contributed by atoms with Gasteiger partial charge in [0.15, 0.2) is 0 Å². The average Bonchev–Trinajstić information content (AvgIpc) is 3.44. The molecule has 1 unspecified atom stereocenters. The maximum absolute atomic E-state index is 13.8. The van der Waals surface area contributed by atoms with Crippen molar-refractivity contribution in [3.63, 3.8) is 0 Å². The van der Waals surface area contributed by atoms with Crippen molar-refractivity contribution in [2.24, 2.45) is 0 Å². The third kappa shape index (κ3) is 4.38. The first-order chi connectivity index (χ1) is 14.0. The van der Waals surface area contributed by atoms with E-state index in [0.29, 0.717) is 12.1 Å². The van der Waals surface area contributed by atoms with E-state index in [9.17, 15) is 9.18 Å². The van der Waals surface area contributed by atoms with Crippen molar-refractivity contribution < 1.29 is 9.18 Å². The first-order valence-electron chi connectivity index (χ1n) is 9.84. The van der Waals surface area contributed by atoms with Gasteiger partial charge in [-0.1, -0.05) is 30.3 Å². The Balaban J connectivity index is 1.57. The highest BCUT2D eigenvalue weighted by molar-refractivity contribution is 5.84. The van der Waals surface area contributed by atoms with Gasteiger partial charge in [-0.2, -0.15) is 5.10 Å². The van der Waals surface area contributed by atoms with Gasteiger partial charge in [-0.05, 0) is 56.8 Å². The minimum Gasteiger partial charge on any atom is -0.334 e. The molecule has 1 atom stereocenters. The molecular weight excluding hydrogens is 367 g/mol. The SMILES string of the molecule is CN(C)C(C(=O)N(Cc1cnn(-c2ccccc2)c1)C1CC1)c1cccc(F)c1. The van der Waals surface area contributed by atoms with Crippen molar-refractivity contribution in [1.82, 2.24) is 19.6 Å². The lowest BCUT2D eigenvalue weighted by molar-refractivity contribution is -0.137. The molecule has 5 nitrogen and oxygen atoms in total. The fourth-order valence-electron chi connectivity index (χ4n) is 3.63. The van der Waals surface area contributed by atoms with E-state index in [-0.39, 0.29) is 17.8 Å². The summed E-state index contributed by atoms with van der Waals surface area (Å²) in [7, 11) is 3.71. The number of likely N-dealkylation sites (N-methyl/N-ethyl adjacent to an activating group) is 1. The Bertz CT molecular complexity index is 981. The molecule has 150 valence electrons. The Labute approximate surface area is 170 Å². The second kappa shape index (κ2) is 8.17. The summed E-state index contributed by atoms with van der Waals surface area (Å²) in [4.78, 5) is 17.3. The van der Waals surface area contributed by atoms with Crippen molar-refractivity contribution in [3.8, 4) is 5.69 Å². The van der Waals surface area contributed by atoms with Crippen LogP contribution in [-0.4, -0.2) is 45.6 Å². The lowest BCUT2D eigenvalue weighted by Gasteiger charge is -2.31. The summed E-state index contributed by atoms with van der Waals surface area (Å²) >= 11 is 0. The zero-order valence-corrected chi connectivity index (χ0v) is 16.7. The Morgan fingerprint density at radius 1 is 1.17 bits per heavy atom. The third-order valence-electron chi connectivity index (χ3n) is 5.20. The average molecular weight is 392 g/mol. The van der Waals surface area contributed by atoms with Crippen LogP contribution in [0.2, 0.25) is 0 Å². The summed E-state index contributed by atoms with van der Waals surface area (Å²) in [6.45, 7) is 0.496. The van der Waals surface area contributed by atoms with Crippen LogP contribution in [0.4, 0.5) is 4.39 Å². The largest absolute Gasteiger partial charge is 0.334 e. The Morgan fingerprint density at radius 2 is 1.93 bits per heavy atom. The summed E-state index contributed by atoms with van der Waals surface area (Å²) in [5.74, 6) is -0.333. The molecule has 1 heterocycles. The normalized spacial score (nSPS) is 14.8. The summed E-state index contributed by atoms with van der Waals surface area (Å²) < 4.78 is 15.6. The van der Waals surface area contributed by atoms with Crippen molar-refractivity contribution in [1.29, 1.82) is 0 Å². The number of halogens is 1. The zero-order chi connectivity index (χ0) is 20.4. The fraction of sp³-hybridized carbons (Fsp3) is 0.304. The van der Waals surface area contributed by atoms with Crippen LogP contribution < -0.4 is 0 Å². The van der Waals surface area contributed by atoms with Gasteiger partial charge in [-0.15, -0.1) is 0 Å². The molecule has 1 aliphatic carbocycles. The minimum atomic E-state index is -0.518. The molecule has 4 rings (SSSR count).